The second-order valence-corrected chi connectivity index (χ2v) is 7.37. The Kier molecular flexibility index (Phi) is 4.24. The molecule has 1 N–H and O–H groups in total. The van der Waals surface area contributed by atoms with E-state index in [2.05, 4.69) is 38.1 Å². The maximum absolute atomic E-state index is 13.0. The van der Waals surface area contributed by atoms with E-state index >= 15 is 0 Å². The Balaban J connectivity index is 1.52. The molecule has 1 aromatic heterocycles. The van der Waals surface area contributed by atoms with Crippen LogP contribution in [0.1, 0.15) is 46.7 Å². The highest BCUT2D eigenvalue weighted by Crippen LogP contribution is 2.26. The normalized spacial score (nSPS) is 19.8. The number of nitrogens with zero attached hydrogens (tertiary/aromatic N) is 3. The Morgan fingerprint density at radius 3 is 2.84 bits per heavy atom. The average molecular weight is 338 g/mol. The second kappa shape index (κ2) is 6.54. The minimum Gasteiger partial charge on any atom is -0.371 e. The number of nitrogens with one attached hydrogen (secondary N) is 1. The highest BCUT2D eigenvalue weighted by atomic mass is 16.1. The first kappa shape index (κ1) is 16.2. The van der Waals surface area contributed by atoms with E-state index in [0.717, 1.165) is 60.8 Å². The smallest absolute Gasteiger partial charge is 0.253 e. The molecule has 1 saturated heterocycles. The molecule has 2 aliphatic rings. The maximum atomic E-state index is 13.0. The quantitative estimate of drug-likeness (QED) is 0.936. The van der Waals surface area contributed by atoms with Crippen molar-refractivity contribution in [2.45, 2.75) is 52.1 Å². The van der Waals surface area contributed by atoms with Crippen LogP contribution in [-0.4, -0.2) is 34.6 Å². The van der Waals surface area contributed by atoms with Crippen molar-refractivity contribution in [2.24, 2.45) is 0 Å². The molecule has 4 rings (SSSR count). The van der Waals surface area contributed by atoms with Crippen molar-refractivity contribution < 1.29 is 4.79 Å². The number of aryl methyl sites for hydroxylation is 3. The molecule has 0 aliphatic carbocycles. The zero-order chi connectivity index (χ0) is 17.4. The van der Waals surface area contributed by atoms with E-state index in [1.54, 1.807) is 0 Å². The van der Waals surface area contributed by atoms with Gasteiger partial charge in [0.1, 0.15) is 5.82 Å². The molecule has 0 radical (unpaired) electrons. The summed E-state index contributed by atoms with van der Waals surface area (Å²) in [7, 11) is 0. The number of rotatable bonds is 3. The minimum atomic E-state index is 0.0517. The summed E-state index contributed by atoms with van der Waals surface area (Å²) in [4.78, 5) is 19.9. The van der Waals surface area contributed by atoms with Crippen LogP contribution in [0.25, 0.3) is 0 Å². The summed E-state index contributed by atoms with van der Waals surface area (Å²) in [5.74, 6) is 1.19. The van der Waals surface area contributed by atoms with Crippen LogP contribution in [0, 0.1) is 13.8 Å². The number of hydrogen-bond donors (Lipinski definition) is 1. The van der Waals surface area contributed by atoms with E-state index in [1.165, 1.54) is 12.8 Å². The van der Waals surface area contributed by atoms with Gasteiger partial charge >= 0.3 is 0 Å². The standard InChI is InChI=1S/C20H26N4O/c1-14-5-7-18(23-9-3-4-10-23)17(11-14)20(25)22-16-6-8-19-21-15(2)12-24(19)13-16/h5,7,11-12,16H,3-4,6,8-10,13H2,1-2H3,(H,22,25)/t16-/m1/s1. The van der Waals surface area contributed by atoms with Crippen molar-refractivity contribution in [3.8, 4) is 0 Å². The van der Waals surface area contributed by atoms with Gasteiger partial charge < -0.3 is 14.8 Å². The van der Waals surface area contributed by atoms with E-state index in [9.17, 15) is 4.79 Å². The summed E-state index contributed by atoms with van der Waals surface area (Å²) in [6, 6.07) is 6.40. The lowest BCUT2D eigenvalue weighted by atomic mass is 10.0. The highest BCUT2D eigenvalue weighted by molar-refractivity contribution is 6.00. The molecule has 1 fully saturated rings. The van der Waals surface area contributed by atoms with Crippen molar-refractivity contribution >= 4 is 11.6 Å². The van der Waals surface area contributed by atoms with Gasteiger partial charge in [0.05, 0.1) is 11.3 Å². The van der Waals surface area contributed by atoms with E-state index in [4.69, 9.17) is 0 Å². The molecule has 0 spiro atoms. The summed E-state index contributed by atoms with van der Waals surface area (Å²) in [5, 5.41) is 3.26. The summed E-state index contributed by atoms with van der Waals surface area (Å²) in [6.45, 7) is 6.97. The third-order valence-corrected chi connectivity index (χ3v) is 5.29. The molecule has 0 saturated carbocycles. The molecule has 1 atom stereocenters. The predicted octanol–water partition coefficient (Wildman–Crippen LogP) is 2.84. The van der Waals surface area contributed by atoms with Crippen LogP contribution >= 0.6 is 0 Å². The van der Waals surface area contributed by atoms with Crippen molar-refractivity contribution in [2.75, 3.05) is 18.0 Å². The number of carbonyl (C=O) groups excluding carboxylic acids is 1. The number of hydrogen-bond acceptors (Lipinski definition) is 3. The molecule has 1 amide bonds. The first-order valence-corrected chi connectivity index (χ1v) is 9.29. The zero-order valence-electron chi connectivity index (χ0n) is 15.1. The SMILES string of the molecule is Cc1ccc(N2CCCC2)c(C(=O)N[C@@H]2CCc3nc(C)cn3C2)c1. The number of imidazole rings is 1. The number of amides is 1. The molecule has 0 bridgehead atoms. The fraction of sp³-hybridized carbons (Fsp3) is 0.500. The molecular formula is C20H26N4O. The van der Waals surface area contributed by atoms with E-state index in [1.807, 2.05) is 19.9 Å². The summed E-state index contributed by atoms with van der Waals surface area (Å²) in [5.41, 5.74) is 4.08. The van der Waals surface area contributed by atoms with Gasteiger partial charge in [0.2, 0.25) is 0 Å². The van der Waals surface area contributed by atoms with Gasteiger partial charge in [-0.25, -0.2) is 4.98 Å². The van der Waals surface area contributed by atoms with Crippen LogP contribution in [0.3, 0.4) is 0 Å². The number of anilines is 1. The Hall–Kier alpha value is -2.30. The Labute approximate surface area is 149 Å². The molecule has 5 heteroatoms. The first-order valence-electron chi connectivity index (χ1n) is 9.29. The van der Waals surface area contributed by atoms with Gasteiger partial charge in [0.25, 0.3) is 5.91 Å². The van der Waals surface area contributed by atoms with Crippen LogP contribution in [-0.2, 0) is 13.0 Å². The lowest BCUT2D eigenvalue weighted by molar-refractivity contribution is 0.0928. The van der Waals surface area contributed by atoms with Crippen molar-refractivity contribution in [3.05, 3.63) is 47.0 Å². The molecule has 2 aliphatic heterocycles. The summed E-state index contributed by atoms with van der Waals surface area (Å²) < 4.78 is 2.18. The maximum Gasteiger partial charge on any atom is 0.253 e. The number of aromatic nitrogens is 2. The Bertz CT molecular complexity index is 789. The first-order chi connectivity index (χ1) is 12.1. The second-order valence-electron chi connectivity index (χ2n) is 7.37. The fourth-order valence-corrected chi connectivity index (χ4v) is 4.03. The molecule has 1 aromatic carbocycles. The van der Waals surface area contributed by atoms with Crippen LogP contribution in [0.15, 0.2) is 24.4 Å². The van der Waals surface area contributed by atoms with Crippen LogP contribution in [0.4, 0.5) is 5.69 Å². The van der Waals surface area contributed by atoms with Gasteiger partial charge in [-0.15, -0.1) is 0 Å². The topological polar surface area (TPSA) is 50.2 Å². The zero-order valence-corrected chi connectivity index (χ0v) is 15.1. The number of carbonyl (C=O) groups is 1. The van der Waals surface area contributed by atoms with E-state index < -0.39 is 0 Å². The van der Waals surface area contributed by atoms with Gasteiger partial charge in [0, 0.05) is 44.0 Å². The van der Waals surface area contributed by atoms with Crippen molar-refractivity contribution in [1.29, 1.82) is 0 Å². The third-order valence-electron chi connectivity index (χ3n) is 5.29. The lowest BCUT2D eigenvalue weighted by Crippen LogP contribution is -2.41. The van der Waals surface area contributed by atoms with Gasteiger partial charge in [0.15, 0.2) is 0 Å². The predicted molar refractivity (Wildman–Crippen MR) is 99.2 cm³/mol. The molecule has 25 heavy (non-hydrogen) atoms. The number of fused-ring (bicyclic) bond motifs is 1. The summed E-state index contributed by atoms with van der Waals surface area (Å²) in [6.07, 6.45) is 6.37. The monoisotopic (exact) mass is 338 g/mol. The van der Waals surface area contributed by atoms with Gasteiger partial charge in [-0.2, -0.15) is 0 Å². The third kappa shape index (κ3) is 3.28. The van der Waals surface area contributed by atoms with Gasteiger partial charge in [-0.3, -0.25) is 4.79 Å². The van der Waals surface area contributed by atoms with Crippen LogP contribution in [0.5, 0.6) is 0 Å². The van der Waals surface area contributed by atoms with Crippen molar-refractivity contribution in [3.63, 3.8) is 0 Å². The van der Waals surface area contributed by atoms with E-state index in [0.29, 0.717) is 0 Å². The molecule has 132 valence electrons. The van der Waals surface area contributed by atoms with Crippen LogP contribution in [0.2, 0.25) is 0 Å². The van der Waals surface area contributed by atoms with Crippen LogP contribution < -0.4 is 10.2 Å². The largest absolute Gasteiger partial charge is 0.371 e. The molecule has 2 aromatic rings. The lowest BCUT2D eigenvalue weighted by Gasteiger charge is -2.26. The fourth-order valence-electron chi connectivity index (χ4n) is 4.03. The Morgan fingerprint density at radius 1 is 1.24 bits per heavy atom. The number of benzene rings is 1. The van der Waals surface area contributed by atoms with Crippen molar-refractivity contribution in [1.82, 2.24) is 14.9 Å². The highest BCUT2D eigenvalue weighted by Gasteiger charge is 2.24. The molecule has 0 unspecified atom stereocenters. The summed E-state index contributed by atoms with van der Waals surface area (Å²) >= 11 is 0. The molecule has 5 nitrogen and oxygen atoms in total. The average Bonchev–Trinajstić information content (AvgIpc) is 3.23. The molecular weight excluding hydrogens is 312 g/mol. The minimum absolute atomic E-state index is 0.0517. The molecule has 3 heterocycles. The van der Waals surface area contributed by atoms with E-state index in [-0.39, 0.29) is 11.9 Å². The van der Waals surface area contributed by atoms with Gasteiger partial charge in [-0.05, 0) is 45.2 Å². The van der Waals surface area contributed by atoms with Gasteiger partial charge in [-0.1, -0.05) is 11.6 Å². The Morgan fingerprint density at radius 2 is 2.04 bits per heavy atom.